The van der Waals surface area contributed by atoms with E-state index in [4.69, 9.17) is 9.16 Å². The predicted molar refractivity (Wildman–Crippen MR) is 179 cm³/mol. The Balaban J connectivity index is 2.89. The van der Waals surface area contributed by atoms with Crippen molar-refractivity contribution in [3.05, 3.63) is 28.8 Å². The van der Waals surface area contributed by atoms with Gasteiger partial charge in [-0.3, -0.25) is 0 Å². The molecule has 1 aromatic carbocycles. The van der Waals surface area contributed by atoms with Gasteiger partial charge in [0.05, 0.1) is 13.2 Å². The summed E-state index contributed by atoms with van der Waals surface area (Å²) in [5, 5.41) is 1.48. The summed E-state index contributed by atoms with van der Waals surface area (Å²) in [6.45, 7) is 11.2. The third-order valence-corrected chi connectivity index (χ3v) is 9.39. The van der Waals surface area contributed by atoms with Gasteiger partial charge in [0.15, 0.2) is 0 Å². The maximum absolute atomic E-state index is 6.16. The van der Waals surface area contributed by atoms with Crippen molar-refractivity contribution in [2.75, 3.05) is 19.8 Å². The molecule has 0 bridgehead atoms. The molecular weight excluding hydrogens is 504 g/mol. The highest BCUT2D eigenvalue weighted by molar-refractivity contribution is 6.47. The zero-order valence-electron chi connectivity index (χ0n) is 27.6. The summed E-state index contributed by atoms with van der Waals surface area (Å²) in [6.07, 6.45) is 32.8. The predicted octanol–water partition coefficient (Wildman–Crippen LogP) is 10.9. The number of rotatable bonds is 30. The minimum atomic E-state index is 0.446. The van der Waals surface area contributed by atoms with E-state index in [0.29, 0.717) is 23.0 Å². The molecule has 1 rings (SSSR count). The SMILES string of the molecule is CCCCCCCCCc1ccc([Si]OCCOCC)c(CCCCCCCCC)c1CCCCCCCCC. The molecule has 0 atom stereocenters. The van der Waals surface area contributed by atoms with Gasteiger partial charge in [-0.1, -0.05) is 148 Å². The molecule has 0 aliphatic rings. The van der Waals surface area contributed by atoms with Crippen LogP contribution in [0.25, 0.3) is 0 Å². The van der Waals surface area contributed by atoms with Crippen molar-refractivity contribution in [2.45, 2.75) is 182 Å². The number of aryl methyl sites for hydroxylation is 1. The lowest BCUT2D eigenvalue weighted by molar-refractivity contribution is 0.112. The molecule has 2 radical (unpaired) electrons. The molecular formula is C37H68O2Si. The van der Waals surface area contributed by atoms with Crippen molar-refractivity contribution in [1.82, 2.24) is 0 Å². The number of hydrogen-bond donors (Lipinski definition) is 0. The molecule has 2 nitrogen and oxygen atoms in total. The maximum Gasteiger partial charge on any atom is 0.269 e. The first-order valence-corrected chi connectivity index (χ1v) is 18.8. The van der Waals surface area contributed by atoms with E-state index < -0.39 is 0 Å². The van der Waals surface area contributed by atoms with Crippen molar-refractivity contribution >= 4 is 14.9 Å². The fourth-order valence-corrected chi connectivity index (χ4v) is 6.72. The Bertz CT molecular complexity index is 674. The highest BCUT2D eigenvalue weighted by Gasteiger charge is 2.15. The number of benzene rings is 1. The van der Waals surface area contributed by atoms with Gasteiger partial charge in [0, 0.05) is 6.61 Å². The molecule has 0 unspecified atom stereocenters. The van der Waals surface area contributed by atoms with E-state index in [0.717, 1.165) is 6.61 Å². The standard InChI is InChI=1S/C37H68O2Si/c1-5-9-12-15-18-21-24-27-34-30-31-37(40-39-33-32-38-8-4)36(29-26-23-20-17-14-11-7-3)35(34)28-25-22-19-16-13-10-6-2/h30-31H,5-29,32-33H2,1-4H3. The topological polar surface area (TPSA) is 18.5 Å². The van der Waals surface area contributed by atoms with Gasteiger partial charge in [-0.25, -0.2) is 0 Å². The van der Waals surface area contributed by atoms with Gasteiger partial charge in [0.1, 0.15) is 0 Å². The van der Waals surface area contributed by atoms with Crippen LogP contribution in [0.1, 0.15) is 179 Å². The van der Waals surface area contributed by atoms with Crippen molar-refractivity contribution in [2.24, 2.45) is 0 Å². The summed E-state index contributed by atoms with van der Waals surface area (Å²) in [5.41, 5.74) is 5.03. The molecule has 0 aliphatic heterocycles. The maximum atomic E-state index is 6.16. The van der Waals surface area contributed by atoms with Crippen LogP contribution >= 0.6 is 0 Å². The van der Waals surface area contributed by atoms with Gasteiger partial charge in [0.25, 0.3) is 9.76 Å². The molecule has 0 saturated carbocycles. The summed E-state index contributed by atoms with van der Waals surface area (Å²) < 4.78 is 11.7. The fraction of sp³-hybridized carbons (Fsp3) is 0.838. The normalized spacial score (nSPS) is 11.5. The smallest absolute Gasteiger partial charge is 0.269 e. The molecule has 0 spiro atoms. The van der Waals surface area contributed by atoms with Crippen LogP contribution in [-0.2, 0) is 28.4 Å². The summed E-state index contributed by atoms with van der Waals surface area (Å²) in [7, 11) is 0.446. The second kappa shape index (κ2) is 28.5. The zero-order valence-corrected chi connectivity index (χ0v) is 28.6. The van der Waals surface area contributed by atoms with Crippen LogP contribution in [0, 0.1) is 0 Å². The van der Waals surface area contributed by atoms with Crippen molar-refractivity contribution in [3.63, 3.8) is 0 Å². The Hall–Kier alpha value is -0.643. The largest absolute Gasteiger partial charge is 0.409 e. The summed E-state index contributed by atoms with van der Waals surface area (Å²) in [4.78, 5) is 0. The van der Waals surface area contributed by atoms with E-state index in [9.17, 15) is 0 Å². The monoisotopic (exact) mass is 572 g/mol. The molecule has 0 amide bonds. The fourth-order valence-electron chi connectivity index (χ4n) is 5.83. The van der Waals surface area contributed by atoms with Crippen LogP contribution in [0.2, 0.25) is 0 Å². The van der Waals surface area contributed by atoms with Crippen molar-refractivity contribution in [3.8, 4) is 0 Å². The number of hydrogen-bond acceptors (Lipinski definition) is 2. The van der Waals surface area contributed by atoms with Crippen molar-refractivity contribution in [1.29, 1.82) is 0 Å². The molecule has 3 heteroatoms. The first-order valence-electron chi connectivity index (χ1n) is 17.9. The van der Waals surface area contributed by atoms with Crippen LogP contribution in [-0.4, -0.2) is 29.6 Å². The minimum absolute atomic E-state index is 0.446. The van der Waals surface area contributed by atoms with Gasteiger partial charge in [-0.15, -0.1) is 0 Å². The lowest BCUT2D eigenvalue weighted by Crippen LogP contribution is -2.26. The van der Waals surface area contributed by atoms with Gasteiger partial charge in [0.2, 0.25) is 0 Å². The van der Waals surface area contributed by atoms with E-state index in [1.165, 1.54) is 159 Å². The van der Waals surface area contributed by atoms with Gasteiger partial charge in [-0.2, -0.15) is 0 Å². The molecule has 40 heavy (non-hydrogen) atoms. The molecule has 0 heterocycles. The second-order valence-electron chi connectivity index (χ2n) is 12.0. The molecule has 0 fully saturated rings. The zero-order chi connectivity index (χ0) is 28.9. The molecule has 0 N–H and O–H groups in total. The van der Waals surface area contributed by atoms with Crippen LogP contribution < -0.4 is 5.19 Å². The van der Waals surface area contributed by atoms with Crippen LogP contribution in [0.4, 0.5) is 0 Å². The van der Waals surface area contributed by atoms with Crippen molar-refractivity contribution < 1.29 is 9.16 Å². The summed E-state index contributed by atoms with van der Waals surface area (Å²) in [6, 6.07) is 4.91. The quantitative estimate of drug-likeness (QED) is 0.0674. The average molecular weight is 573 g/mol. The van der Waals surface area contributed by atoms with E-state index >= 15 is 0 Å². The van der Waals surface area contributed by atoms with Gasteiger partial charge in [-0.05, 0) is 67.3 Å². The summed E-state index contributed by atoms with van der Waals surface area (Å²) >= 11 is 0. The number of ether oxygens (including phenoxy) is 1. The van der Waals surface area contributed by atoms with E-state index in [1.54, 1.807) is 16.7 Å². The Labute approximate surface area is 254 Å². The second-order valence-corrected chi connectivity index (χ2v) is 13.0. The Kier molecular flexibility index (Phi) is 26.6. The van der Waals surface area contributed by atoms with Crippen LogP contribution in [0.15, 0.2) is 12.1 Å². The molecule has 0 aliphatic carbocycles. The first kappa shape index (κ1) is 37.4. The van der Waals surface area contributed by atoms with E-state index in [2.05, 4.69) is 39.8 Å². The van der Waals surface area contributed by atoms with Gasteiger partial charge < -0.3 is 9.16 Å². The van der Waals surface area contributed by atoms with Crippen LogP contribution in [0.3, 0.4) is 0 Å². The molecule has 1 aromatic rings. The highest BCUT2D eigenvalue weighted by Crippen LogP contribution is 2.23. The third-order valence-electron chi connectivity index (χ3n) is 8.35. The lowest BCUT2D eigenvalue weighted by Gasteiger charge is -2.20. The summed E-state index contributed by atoms with van der Waals surface area (Å²) in [5.74, 6) is 0. The van der Waals surface area contributed by atoms with Gasteiger partial charge >= 0.3 is 0 Å². The Morgan fingerprint density at radius 1 is 0.475 bits per heavy atom. The van der Waals surface area contributed by atoms with Crippen LogP contribution in [0.5, 0.6) is 0 Å². The molecule has 0 saturated heterocycles. The van der Waals surface area contributed by atoms with E-state index in [1.807, 2.05) is 0 Å². The highest BCUT2D eigenvalue weighted by atomic mass is 28.2. The molecule has 232 valence electrons. The minimum Gasteiger partial charge on any atom is -0.409 e. The first-order chi connectivity index (χ1) is 19.8. The molecule has 0 aromatic heterocycles. The lowest BCUT2D eigenvalue weighted by atomic mass is 9.90. The number of unbranched alkanes of at least 4 members (excludes halogenated alkanes) is 18. The average Bonchev–Trinajstić information content (AvgIpc) is 2.97. The Morgan fingerprint density at radius 2 is 0.925 bits per heavy atom. The third kappa shape index (κ3) is 19.5. The Morgan fingerprint density at radius 3 is 1.43 bits per heavy atom. The van der Waals surface area contributed by atoms with E-state index in [-0.39, 0.29) is 0 Å².